The largest absolute Gasteiger partial charge is 0.316 e. The first kappa shape index (κ1) is 7.22. The van der Waals surface area contributed by atoms with Gasteiger partial charge in [0.05, 0.1) is 0 Å². The van der Waals surface area contributed by atoms with Crippen LogP contribution in [0.2, 0.25) is 0 Å². The molecular weight excluding hydrogens is 158 g/mol. The second-order valence-corrected chi connectivity index (χ2v) is 3.32. The summed E-state index contributed by atoms with van der Waals surface area (Å²) in [6.45, 7) is 0.907. The first-order valence-electron chi connectivity index (χ1n) is 3.95. The molecule has 60 valence electrons. The van der Waals surface area contributed by atoms with Gasteiger partial charge in [-0.05, 0) is 18.4 Å². The predicted molar refractivity (Wildman–Crippen MR) is 46.4 cm³/mol. The third kappa shape index (κ3) is 0.984. The molecule has 0 radical (unpaired) electrons. The summed E-state index contributed by atoms with van der Waals surface area (Å²) in [7, 11) is 0. The van der Waals surface area contributed by atoms with Gasteiger partial charge in [-0.1, -0.05) is 0 Å². The van der Waals surface area contributed by atoms with E-state index in [1.165, 1.54) is 11.3 Å². The molecule has 0 aliphatic carbocycles. The summed E-state index contributed by atoms with van der Waals surface area (Å²) in [6.07, 6.45) is 2.71. The first-order valence-corrected chi connectivity index (χ1v) is 4.58. The smallest absolute Gasteiger partial charge is 0.227 e. The zero-order valence-corrected chi connectivity index (χ0v) is 7.23. The van der Waals surface area contributed by atoms with Crippen molar-refractivity contribution in [2.24, 2.45) is 0 Å². The van der Waals surface area contributed by atoms with Crippen LogP contribution < -0.4 is 0 Å². The topological polar surface area (TPSA) is 20.3 Å². The molecule has 3 heteroatoms. The average molecular weight is 169 g/mol. The van der Waals surface area contributed by atoms with Crippen LogP contribution in [0, 0.1) is 0 Å². The van der Waals surface area contributed by atoms with E-state index in [0.29, 0.717) is 12.3 Å². The number of thiol groups is 1. The fourth-order valence-corrected chi connectivity index (χ4v) is 2.18. The molecule has 0 spiro atoms. The van der Waals surface area contributed by atoms with E-state index in [0.717, 1.165) is 25.1 Å². The molecule has 2 aliphatic heterocycles. The van der Waals surface area contributed by atoms with E-state index in [4.69, 9.17) is 0 Å². The molecule has 11 heavy (non-hydrogen) atoms. The van der Waals surface area contributed by atoms with Gasteiger partial charge in [0.25, 0.3) is 0 Å². The van der Waals surface area contributed by atoms with Crippen molar-refractivity contribution in [1.29, 1.82) is 0 Å². The molecule has 2 heterocycles. The highest BCUT2D eigenvalue weighted by atomic mass is 32.1. The number of carbonyl (C=O) groups excluding carboxylic acids is 1. The van der Waals surface area contributed by atoms with Crippen molar-refractivity contribution in [3.8, 4) is 0 Å². The molecule has 0 atom stereocenters. The van der Waals surface area contributed by atoms with Crippen LogP contribution in [-0.2, 0) is 4.79 Å². The number of rotatable bonds is 1. The third-order valence-electron chi connectivity index (χ3n) is 2.44. The maximum Gasteiger partial charge on any atom is 0.227 e. The second kappa shape index (κ2) is 2.55. The summed E-state index contributed by atoms with van der Waals surface area (Å²) in [4.78, 5) is 13.1. The number of fused-ring (bicyclic) bond motifs is 1. The molecule has 0 aromatic rings. The highest BCUT2D eigenvalue weighted by Gasteiger charge is 2.31. The normalized spacial score (nSPS) is 23.4. The monoisotopic (exact) mass is 169 g/mol. The van der Waals surface area contributed by atoms with Gasteiger partial charge in [0, 0.05) is 24.4 Å². The van der Waals surface area contributed by atoms with Gasteiger partial charge in [-0.15, -0.1) is 0 Å². The van der Waals surface area contributed by atoms with Gasteiger partial charge in [0.15, 0.2) is 0 Å². The Morgan fingerprint density at radius 2 is 2.18 bits per heavy atom. The maximum absolute atomic E-state index is 11.2. The van der Waals surface area contributed by atoms with E-state index in [1.807, 2.05) is 4.90 Å². The lowest BCUT2D eigenvalue weighted by molar-refractivity contribution is -0.126. The lowest BCUT2D eigenvalue weighted by Gasteiger charge is -2.09. The first-order chi connectivity index (χ1) is 5.33. The number of allylic oxidation sites excluding steroid dienone is 1. The summed E-state index contributed by atoms with van der Waals surface area (Å²) in [6, 6.07) is 0. The van der Waals surface area contributed by atoms with E-state index in [2.05, 4.69) is 12.6 Å². The summed E-state index contributed by atoms with van der Waals surface area (Å²) < 4.78 is 0. The fourth-order valence-electron chi connectivity index (χ4n) is 1.83. The molecule has 1 saturated heterocycles. The van der Waals surface area contributed by atoms with Crippen molar-refractivity contribution < 1.29 is 4.79 Å². The quantitative estimate of drug-likeness (QED) is 0.585. The van der Waals surface area contributed by atoms with Crippen molar-refractivity contribution >= 4 is 18.5 Å². The van der Waals surface area contributed by atoms with Crippen LogP contribution in [0.3, 0.4) is 0 Å². The van der Waals surface area contributed by atoms with Crippen LogP contribution in [0.25, 0.3) is 0 Å². The van der Waals surface area contributed by atoms with E-state index in [1.54, 1.807) is 0 Å². The second-order valence-electron chi connectivity index (χ2n) is 3.00. The minimum Gasteiger partial charge on any atom is -0.316 e. The van der Waals surface area contributed by atoms with E-state index in [-0.39, 0.29) is 0 Å². The van der Waals surface area contributed by atoms with Crippen molar-refractivity contribution in [2.75, 3.05) is 12.3 Å². The molecule has 2 rings (SSSR count). The Kier molecular flexibility index (Phi) is 1.68. The summed E-state index contributed by atoms with van der Waals surface area (Å²) in [5, 5.41) is 0. The standard InChI is InChI=1S/C8H11NOS/c10-8-2-1-7-6(5-11)3-4-9(7)8/h11H,1-5H2. The minimum absolute atomic E-state index is 0.303. The lowest BCUT2D eigenvalue weighted by atomic mass is 10.2. The van der Waals surface area contributed by atoms with Crippen molar-refractivity contribution in [3.63, 3.8) is 0 Å². The van der Waals surface area contributed by atoms with Crippen LogP contribution in [0.4, 0.5) is 0 Å². The minimum atomic E-state index is 0.303. The Balaban J connectivity index is 2.29. The molecule has 2 nitrogen and oxygen atoms in total. The van der Waals surface area contributed by atoms with Gasteiger partial charge < -0.3 is 4.90 Å². The molecule has 2 aliphatic rings. The lowest BCUT2D eigenvalue weighted by Crippen LogP contribution is -2.19. The Morgan fingerprint density at radius 3 is 2.91 bits per heavy atom. The fraction of sp³-hybridized carbons (Fsp3) is 0.625. The highest BCUT2D eigenvalue weighted by molar-refractivity contribution is 7.80. The number of nitrogens with zero attached hydrogens (tertiary/aromatic N) is 1. The van der Waals surface area contributed by atoms with Crippen molar-refractivity contribution in [3.05, 3.63) is 11.3 Å². The molecule has 0 N–H and O–H groups in total. The summed E-state index contributed by atoms with van der Waals surface area (Å²) in [5.74, 6) is 1.12. The number of carbonyl (C=O) groups is 1. The summed E-state index contributed by atoms with van der Waals surface area (Å²) >= 11 is 4.23. The molecule has 0 bridgehead atoms. The summed E-state index contributed by atoms with van der Waals surface area (Å²) in [5.41, 5.74) is 2.64. The molecular formula is C8H11NOS. The highest BCUT2D eigenvalue weighted by Crippen LogP contribution is 2.32. The van der Waals surface area contributed by atoms with Gasteiger partial charge >= 0.3 is 0 Å². The molecule has 0 saturated carbocycles. The molecule has 1 fully saturated rings. The Morgan fingerprint density at radius 1 is 1.36 bits per heavy atom. The van der Waals surface area contributed by atoms with Crippen molar-refractivity contribution in [1.82, 2.24) is 4.90 Å². The van der Waals surface area contributed by atoms with Gasteiger partial charge in [-0.2, -0.15) is 12.6 Å². The maximum atomic E-state index is 11.2. The predicted octanol–water partition coefficient (Wildman–Crippen LogP) is 1.20. The molecule has 0 aromatic carbocycles. The van der Waals surface area contributed by atoms with Crippen LogP contribution in [0.5, 0.6) is 0 Å². The van der Waals surface area contributed by atoms with Crippen LogP contribution >= 0.6 is 12.6 Å². The van der Waals surface area contributed by atoms with Gasteiger partial charge in [-0.3, -0.25) is 4.79 Å². The van der Waals surface area contributed by atoms with Gasteiger partial charge in [0.2, 0.25) is 5.91 Å². The number of amides is 1. The van der Waals surface area contributed by atoms with E-state index >= 15 is 0 Å². The Labute approximate surface area is 71.7 Å². The SMILES string of the molecule is O=C1CCC2=C(CS)CCN12. The average Bonchev–Trinajstić information content (AvgIpc) is 2.53. The van der Waals surface area contributed by atoms with E-state index in [9.17, 15) is 4.79 Å². The van der Waals surface area contributed by atoms with Crippen LogP contribution in [0.1, 0.15) is 19.3 Å². The zero-order valence-electron chi connectivity index (χ0n) is 6.34. The Hall–Kier alpha value is -0.440. The Bertz CT molecular complexity index is 234. The zero-order chi connectivity index (χ0) is 7.84. The van der Waals surface area contributed by atoms with Gasteiger partial charge in [0.1, 0.15) is 0 Å². The molecule has 1 amide bonds. The third-order valence-corrected chi connectivity index (χ3v) is 2.82. The van der Waals surface area contributed by atoms with Crippen LogP contribution in [-0.4, -0.2) is 23.1 Å². The van der Waals surface area contributed by atoms with Gasteiger partial charge in [-0.25, -0.2) is 0 Å². The molecule has 0 unspecified atom stereocenters. The van der Waals surface area contributed by atoms with Crippen LogP contribution in [0.15, 0.2) is 11.3 Å². The number of hydrogen-bond donors (Lipinski definition) is 1. The van der Waals surface area contributed by atoms with Crippen molar-refractivity contribution in [2.45, 2.75) is 19.3 Å². The van der Waals surface area contributed by atoms with E-state index < -0.39 is 0 Å². The molecule has 0 aromatic heterocycles. The number of hydrogen-bond acceptors (Lipinski definition) is 2.